The highest BCUT2D eigenvalue weighted by Crippen LogP contribution is 2.28. The zero-order valence-electron chi connectivity index (χ0n) is 12.5. The first-order valence-electron chi connectivity index (χ1n) is 7.19. The summed E-state index contributed by atoms with van der Waals surface area (Å²) in [5, 5.41) is 6.45. The molecule has 1 aromatic carbocycles. The quantitative estimate of drug-likeness (QED) is 0.873. The molecule has 1 atom stereocenters. The van der Waals surface area contributed by atoms with Gasteiger partial charge in [-0.25, -0.2) is 4.79 Å². The van der Waals surface area contributed by atoms with Crippen LogP contribution >= 0.6 is 0 Å². The molecule has 4 nitrogen and oxygen atoms in total. The lowest BCUT2D eigenvalue weighted by molar-refractivity contribution is 0.0431. The molecule has 1 fully saturated rings. The van der Waals surface area contributed by atoms with Crippen LogP contribution in [0.5, 0.6) is 0 Å². The molecule has 1 aliphatic heterocycles. The standard InChI is InChI=1S/C16H24N2O2/c1-15(2,3)20-14(19)18-16(10-7-11-17-12-16)13-8-5-4-6-9-13/h4-6,8-9,17H,7,10-12H2,1-3H3,(H,18,19). The molecule has 4 heteroatoms. The van der Waals surface area contributed by atoms with Crippen molar-refractivity contribution in [3.8, 4) is 0 Å². The van der Waals surface area contributed by atoms with Crippen LogP contribution in [0.15, 0.2) is 30.3 Å². The summed E-state index contributed by atoms with van der Waals surface area (Å²) in [6.07, 6.45) is 1.60. The predicted octanol–water partition coefficient (Wildman–Crippen LogP) is 2.79. The maximum absolute atomic E-state index is 12.1. The van der Waals surface area contributed by atoms with Crippen LogP contribution in [0, 0.1) is 0 Å². The first kappa shape index (κ1) is 14.9. The molecule has 1 amide bonds. The Bertz CT molecular complexity index is 445. The Morgan fingerprint density at radius 1 is 1.30 bits per heavy atom. The highest BCUT2D eigenvalue weighted by molar-refractivity contribution is 5.69. The molecule has 1 aromatic rings. The number of nitrogens with one attached hydrogen (secondary N) is 2. The molecule has 0 saturated carbocycles. The van der Waals surface area contributed by atoms with Gasteiger partial charge in [-0.2, -0.15) is 0 Å². The van der Waals surface area contributed by atoms with Gasteiger partial charge < -0.3 is 15.4 Å². The average Bonchev–Trinajstić information content (AvgIpc) is 2.38. The van der Waals surface area contributed by atoms with E-state index in [1.54, 1.807) is 0 Å². The highest BCUT2D eigenvalue weighted by Gasteiger charge is 2.36. The fourth-order valence-corrected chi connectivity index (χ4v) is 2.59. The van der Waals surface area contributed by atoms with Crippen LogP contribution in [0.3, 0.4) is 0 Å². The van der Waals surface area contributed by atoms with Gasteiger partial charge in [0.25, 0.3) is 0 Å². The summed E-state index contributed by atoms with van der Waals surface area (Å²) in [5.41, 5.74) is 0.268. The first-order valence-corrected chi connectivity index (χ1v) is 7.19. The smallest absolute Gasteiger partial charge is 0.408 e. The number of carbonyl (C=O) groups excluding carboxylic acids is 1. The average molecular weight is 276 g/mol. The maximum Gasteiger partial charge on any atom is 0.408 e. The third kappa shape index (κ3) is 3.73. The van der Waals surface area contributed by atoms with E-state index in [-0.39, 0.29) is 11.6 Å². The van der Waals surface area contributed by atoms with E-state index in [2.05, 4.69) is 22.8 Å². The summed E-state index contributed by atoms with van der Waals surface area (Å²) in [5.74, 6) is 0. The van der Waals surface area contributed by atoms with Crippen LogP contribution in [0.1, 0.15) is 39.2 Å². The Balaban J connectivity index is 2.18. The normalized spacial score (nSPS) is 23.1. The van der Waals surface area contributed by atoms with E-state index in [9.17, 15) is 4.79 Å². The number of alkyl carbamates (subject to hydrolysis) is 1. The van der Waals surface area contributed by atoms with Crippen LogP contribution in [0.2, 0.25) is 0 Å². The summed E-state index contributed by atoms with van der Waals surface area (Å²) in [6.45, 7) is 7.35. The van der Waals surface area contributed by atoms with Gasteiger partial charge in [0.05, 0.1) is 5.54 Å². The predicted molar refractivity (Wildman–Crippen MR) is 79.6 cm³/mol. The van der Waals surface area contributed by atoms with Gasteiger partial charge in [-0.1, -0.05) is 30.3 Å². The molecular formula is C16H24N2O2. The molecular weight excluding hydrogens is 252 g/mol. The number of piperidine rings is 1. The van der Waals surface area contributed by atoms with Gasteiger partial charge in [-0.05, 0) is 45.7 Å². The van der Waals surface area contributed by atoms with Crippen LogP contribution in [0.25, 0.3) is 0 Å². The molecule has 2 N–H and O–H groups in total. The molecule has 1 unspecified atom stereocenters. The van der Waals surface area contributed by atoms with Crippen LogP contribution in [0.4, 0.5) is 4.79 Å². The summed E-state index contributed by atoms with van der Waals surface area (Å²) in [6, 6.07) is 10.1. The van der Waals surface area contributed by atoms with E-state index in [0.717, 1.165) is 31.5 Å². The van der Waals surface area contributed by atoms with Gasteiger partial charge in [0, 0.05) is 6.54 Å². The van der Waals surface area contributed by atoms with Gasteiger partial charge >= 0.3 is 6.09 Å². The lowest BCUT2D eigenvalue weighted by atomic mass is 9.83. The molecule has 1 saturated heterocycles. The Hall–Kier alpha value is -1.55. The van der Waals surface area contributed by atoms with Crippen LogP contribution < -0.4 is 10.6 Å². The van der Waals surface area contributed by atoms with E-state index in [1.165, 1.54) is 0 Å². The third-order valence-electron chi connectivity index (χ3n) is 3.45. The van der Waals surface area contributed by atoms with Crippen molar-refractivity contribution >= 4 is 6.09 Å². The van der Waals surface area contributed by atoms with Crippen molar-refractivity contribution < 1.29 is 9.53 Å². The molecule has 0 radical (unpaired) electrons. The fraction of sp³-hybridized carbons (Fsp3) is 0.562. The molecule has 1 heterocycles. The SMILES string of the molecule is CC(C)(C)OC(=O)NC1(c2ccccc2)CCCNC1. The number of carbonyl (C=O) groups is 1. The van der Waals surface area contributed by atoms with Crippen LogP contribution in [-0.4, -0.2) is 24.8 Å². The number of ether oxygens (including phenoxy) is 1. The number of rotatable bonds is 2. The monoisotopic (exact) mass is 276 g/mol. The van der Waals surface area contributed by atoms with Gasteiger partial charge in [0.2, 0.25) is 0 Å². The fourth-order valence-electron chi connectivity index (χ4n) is 2.59. The zero-order valence-corrected chi connectivity index (χ0v) is 12.5. The van der Waals surface area contributed by atoms with E-state index in [4.69, 9.17) is 4.74 Å². The molecule has 0 bridgehead atoms. The molecule has 2 rings (SSSR count). The summed E-state index contributed by atoms with van der Waals surface area (Å²) >= 11 is 0. The molecule has 1 aliphatic rings. The number of amides is 1. The molecule has 0 spiro atoms. The summed E-state index contributed by atoms with van der Waals surface area (Å²) in [4.78, 5) is 12.1. The van der Waals surface area contributed by atoms with E-state index in [1.807, 2.05) is 39.0 Å². The topological polar surface area (TPSA) is 50.4 Å². The van der Waals surface area contributed by atoms with Crippen LogP contribution in [-0.2, 0) is 10.3 Å². The Labute approximate surface area is 120 Å². The number of hydrogen-bond donors (Lipinski definition) is 2. The second-order valence-electron chi connectivity index (χ2n) is 6.36. The van der Waals surface area contributed by atoms with Crippen molar-refractivity contribution in [3.05, 3.63) is 35.9 Å². The third-order valence-corrected chi connectivity index (χ3v) is 3.45. The molecule has 20 heavy (non-hydrogen) atoms. The lowest BCUT2D eigenvalue weighted by Gasteiger charge is -2.39. The lowest BCUT2D eigenvalue weighted by Crippen LogP contribution is -2.56. The number of hydrogen-bond acceptors (Lipinski definition) is 3. The Morgan fingerprint density at radius 2 is 2.00 bits per heavy atom. The highest BCUT2D eigenvalue weighted by atomic mass is 16.6. The van der Waals surface area contributed by atoms with E-state index < -0.39 is 5.60 Å². The second-order valence-corrected chi connectivity index (χ2v) is 6.36. The maximum atomic E-state index is 12.1. The Kier molecular flexibility index (Phi) is 4.33. The van der Waals surface area contributed by atoms with E-state index >= 15 is 0 Å². The van der Waals surface area contributed by atoms with Crippen molar-refractivity contribution in [1.29, 1.82) is 0 Å². The zero-order chi connectivity index (χ0) is 14.6. The molecule has 110 valence electrons. The van der Waals surface area contributed by atoms with Gasteiger partial charge in [-0.3, -0.25) is 0 Å². The summed E-state index contributed by atoms with van der Waals surface area (Å²) in [7, 11) is 0. The van der Waals surface area contributed by atoms with Crippen molar-refractivity contribution in [3.63, 3.8) is 0 Å². The minimum atomic E-state index is -0.482. The van der Waals surface area contributed by atoms with Gasteiger partial charge in [-0.15, -0.1) is 0 Å². The van der Waals surface area contributed by atoms with Gasteiger partial charge in [0.1, 0.15) is 5.60 Å². The number of benzene rings is 1. The Morgan fingerprint density at radius 3 is 2.55 bits per heavy atom. The molecule has 0 aliphatic carbocycles. The van der Waals surface area contributed by atoms with Crippen molar-refractivity contribution in [2.45, 2.75) is 44.8 Å². The second kappa shape index (κ2) is 5.83. The van der Waals surface area contributed by atoms with Crippen molar-refractivity contribution in [1.82, 2.24) is 10.6 Å². The summed E-state index contributed by atoms with van der Waals surface area (Å²) < 4.78 is 5.41. The van der Waals surface area contributed by atoms with E-state index in [0.29, 0.717) is 0 Å². The van der Waals surface area contributed by atoms with Gasteiger partial charge in [0.15, 0.2) is 0 Å². The molecule has 0 aromatic heterocycles. The van der Waals surface area contributed by atoms with Crippen molar-refractivity contribution in [2.24, 2.45) is 0 Å². The first-order chi connectivity index (χ1) is 9.41. The minimum absolute atomic E-state index is 0.356. The largest absolute Gasteiger partial charge is 0.444 e. The minimum Gasteiger partial charge on any atom is -0.444 e. The van der Waals surface area contributed by atoms with Crippen molar-refractivity contribution in [2.75, 3.05) is 13.1 Å².